The molecule has 0 saturated carbocycles. The molecule has 1 aliphatic rings. The van der Waals surface area contributed by atoms with E-state index in [2.05, 4.69) is 20.4 Å². The van der Waals surface area contributed by atoms with Crippen LogP contribution in [0.15, 0.2) is 42.5 Å². The van der Waals surface area contributed by atoms with Gasteiger partial charge in [0.2, 0.25) is 17.4 Å². The number of nitrogens with one attached hydrogen (secondary N) is 1. The first-order valence-corrected chi connectivity index (χ1v) is 12.4. The minimum absolute atomic E-state index is 0.0408. The maximum atomic E-state index is 14.6. The van der Waals surface area contributed by atoms with Gasteiger partial charge in [0.25, 0.3) is 5.91 Å². The van der Waals surface area contributed by atoms with E-state index in [9.17, 15) is 32.3 Å². The molecule has 0 fully saturated rings. The van der Waals surface area contributed by atoms with E-state index in [0.29, 0.717) is 5.69 Å². The maximum Gasteiger partial charge on any atom is 0.424 e. The van der Waals surface area contributed by atoms with Crippen LogP contribution < -0.4 is 20.5 Å². The Morgan fingerprint density at radius 2 is 1.88 bits per heavy atom. The Balaban J connectivity index is 1.59. The third kappa shape index (κ3) is 4.64. The molecule has 1 unspecified atom stereocenters. The average molecular weight is 589 g/mol. The zero-order chi connectivity index (χ0) is 30.6. The number of alkyl halides is 3. The molecule has 0 aliphatic carbocycles. The van der Waals surface area contributed by atoms with Crippen molar-refractivity contribution in [2.45, 2.75) is 31.0 Å². The van der Waals surface area contributed by atoms with E-state index < -0.39 is 47.1 Å². The molecule has 2 atom stereocenters. The predicted molar refractivity (Wildman–Crippen MR) is 138 cm³/mol. The summed E-state index contributed by atoms with van der Waals surface area (Å²) in [5, 5.41) is 17.4. The average Bonchev–Trinajstić information content (AvgIpc) is 3.50. The van der Waals surface area contributed by atoms with Crippen LogP contribution in [0.5, 0.6) is 11.6 Å². The number of halogens is 4. The molecule has 11 nitrogen and oxygen atoms in total. The van der Waals surface area contributed by atoms with Crippen molar-refractivity contribution in [2.75, 3.05) is 20.3 Å². The monoisotopic (exact) mass is 588 g/mol. The molecule has 0 spiro atoms. The Morgan fingerprint density at radius 1 is 1.19 bits per heavy atom. The van der Waals surface area contributed by atoms with Gasteiger partial charge in [0.15, 0.2) is 5.65 Å². The van der Waals surface area contributed by atoms with Gasteiger partial charge < -0.3 is 25.6 Å². The fourth-order valence-electron chi connectivity index (χ4n) is 4.56. The van der Waals surface area contributed by atoms with E-state index in [4.69, 9.17) is 15.2 Å². The van der Waals surface area contributed by atoms with E-state index in [-0.39, 0.29) is 46.4 Å². The summed E-state index contributed by atoms with van der Waals surface area (Å²) in [6.07, 6.45) is -5.37. The van der Waals surface area contributed by atoms with Gasteiger partial charge in [-0.05, 0) is 44.2 Å². The number of nitrogens with two attached hydrogens (primary N) is 1. The minimum Gasteiger partial charge on any atom is -0.489 e. The number of amides is 2. The highest BCUT2D eigenvalue weighted by Gasteiger charge is 2.57. The van der Waals surface area contributed by atoms with Gasteiger partial charge in [-0.2, -0.15) is 22.8 Å². The molecule has 4 N–H and O–H groups in total. The van der Waals surface area contributed by atoms with Gasteiger partial charge in [-0.15, -0.1) is 0 Å². The Morgan fingerprint density at radius 3 is 2.50 bits per heavy atom. The third-order valence-electron chi connectivity index (χ3n) is 7.09. The predicted octanol–water partition coefficient (Wildman–Crippen LogP) is 2.56. The van der Waals surface area contributed by atoms with Crippen molar-refractivity contribution in [3.63, 3.8) is 0 Å². The van der Waals surface area contributed by atoms with E-state index in [1.54, 1.807) is 6.92 Å². The third-order valence-corrected chi connectivity index (χ3v) is 7.09. The number of fused-ring (bicyclic) bond motifs is 2. The van der Waals surface area contributed by atoms with E-state index in [1.165, 1.54) is 42.8 Å². The van der Waals surface area contributed by atoms with Crippen LogP contribution in [0, 0.1) is 12.7 Å². The number of rotatable bonds is 7. The number of pyridine rings is 1. The van der Waals surface area contributed by atoms with Gasteiger partial charge in [0.05, 0.1) is 25.0 Å². The number of methoxy groups -OCH3 is 1. The van der Waals surface area contributed by atoms with Gasteiger partial charge in [-0.3, -0.25) is 9.59 Å². The number of carbonyl (C=O) groups is 2. The molecule has 4 aromatic rings. The molecule has 42 heavy (non-hydrogen) atoms. The molecule has 1 aliphatic heterocycles. The van der Waals surface area contributed by atoms with Crippen LogP contribution in [0.4, 0.5) is 17.6 Å². The van der Waals surface area contributed by atoms with Gasteiger partial charge in [0, 0.05) is 23.3 Å². The van der Waals surface area contributed by atoms with Crippen molar-refractivity contribution in [1.82, 2.24) is 24.9 Å². The Hall–Kier alpha value is -4.79. The second kappa shape index (κ2) is 9.94. The van der Waals surface area contributed by atoms with Crippen LogP contribution in [0.2, 0.25) is 0 Å². The smallest absolute Gasteiger partial charge is 0.424 e. The summed E-state index contributed by atoms with van der Waals surface area (Å²) < 4.78 is 69.6. The van der Waals surface area contributed by atoms with Crippen LogP contribution in [-0.4, -0.2) is 62.9 Å². The molecule has 1 aromatic carbocycles. The summed E-state index contributed by atoms with van der Waals surface area (Å²) in [5.74, 6) is -2.50. The fraction of sp³-hybridized carbons (Fsp3) is 0.296. The van der Waals surface area contributed by atoms with Gasteiger partial charge in [0.1, 0.15) is 35.0 Å². The van der Waals surface area contributed by atoms with Crippen LogP contribution in [0.3, 0.4) is 0 Å². The fourth-order valence-corrected chi connectivity index (χ4v) is 4.56. The summed E-state index contributed by atoms with van der Waals surface area (Å²) in [6, 6.07) is 8.23. The first kappa shape index (κ1) is 28.7. The number of hydrogen-bond acceptors (Lipinski definition) is 8. The Labute approximate surface area is 235 Å². The molecule has 220 valence electrons. The SMILES string of the molecule is COc1cc(C(=O)NCC(O)(c2cc3c(c(-c4ccc(F)cc4)n2)OC[C@]3(C)C(N)=O)C(F)(F)F)nc2cc(C)nn12. The highest BCUT2D eigenvalue weighted by Crippen LogP contribution is 2.47. The summed E-state index contributed by atoms with van der Waals surface area (Å²) in [7, 11) is 1.32. The molecule has 4 heterocycles. The maximum absolute atomic E-state index is 14.6. The van der Waals surface area contributed by atoms with Crippen LogP contribution >= 0.6 is 0 Å². The number of ether oxygens (including phenoxy) is 2. The summed E-state index contributed by atoms with van der Waals surface area (Å²) in [6.45, 7) is 1.37. The largest absolute Gasteiger partial charge is 0.489 e. The quantitative estimate of drug-likeness (QED) is 0.279. The van der Waals surface area contributed by atoms with Crippen molar-refractivity contribution in [2.24, 2.45) is 5.73 Å². The lowest BCUT2D eigenvalue weighted by atomic mass is 9.81. The number of aliphatic hydroxyl groups is 1. The first-order chi connectivity index (χ1) is 19.7. The van der Waals surface area contributed by atoms with Crippen molar-refractivity contribution >= 4 is 17.5 Å². The molecule has 0 bridgehead atoms. The van der Waals surface area contributed by atoms with Gasteiger partial charge in [-0.1, -0.05) is 0 Å². The molecule has 3 aromatic heterocycles. The van der Waals surface area contributed by atoms with E-state index in [0.717, 1.165) is 18.2 Å². The lowest BCUT2D eigenvalue weighted by Crippen LogP contribution is -2.52. The first-order valence-electron chi connectivity index (χ1n) is 12.4. The Bertz CT molecular complexity index is 1720. The molecule has 2 amide bonds. The lowest BCUT2D eigenvalue weighted by Gasteiger charge is -2.31. The van der Waals surface area contributed by atoms with Gasteiger partial charge >= 0.3 is 6.18 Å². The standard InChI is InChI=1S/C27H24F4N6O5/c1-13-8-19-34-17(10-20(41-3)37(19)36-13)23(38)33-11-26(40,27(29,30)31)18-9-16-22(42-12-25(16,2)24(32)39)21(35-18)14-4-6-15(28)7-5-14/h4-10,40H,11-12H2,1-3H3,(H2,32,39)(H,33,38)/t25-,26?/m0/s1. The molecule has 15 heteroatoms. The number of benzene rings is 1. The lowest BCUT2D eigenvalue weighted by molar-refractivity contribution is -0.265. The normalized spacial score (nSPS) is 17.8. The highest BCUT2D eigenvalue weighted by atomic mass is 19.4. The zero-order valence-electron chi connectivity index (χ0n) is 22.4. The zero-order valence-corrected chi connectivity index (χ0v) is 22.4. The highest BCUT2D eigenvalue weighted by molar-refractivity contribution is 5.93. The topological polar surface area (TPSA) is 154 Å². The minimum atomic E-state index is -5.37. The molecular weight excluding hydrogens is 564 g/mol. The number of hydrogen-bond donors (Lipinski definition) is 3. The van der Waals surface area contributed by atoms with Crippen molar-refractivity contribution in [3.05, 3.63) is 70.9 Å². The van der Waals surface area contributed by atoms with Crippen molar-refractivity contribution in [3.8, 4) is 22.9 Å². The number of carbonyl (C=O) groups excluding carboxylic acids is 2. The second-order valence-electron chi connectivity index (χ2n) is 10.0. The van der Waals surface area contributed by atoms with Crippen LogP contribution in [0.25, 0.3) is 16.9 Å². The van der Waals surface area contributed by atoms with Gasteiger partial charge in [-0.25, -0.2) is 14.4 Å². The molecule has 5 rings (SSSR count). The summed E-state index contributed by atoms with van der Waals surface area (Å²) in [4.78, 5) is 33.5. The molecule has 0 saturated heterocycles. The second-order valence-corrected chi connectivity index (χ2v) is 10.0. The number of primary amides is 1. The summed E-state index contributed by atoms with van der Waals surface area (Å²) >= 11 is 0. The number of aryl methyl sites for hydroxylation is 1. The molecule has 0 radical (unpaired) electrons. The van der Waals surface area contributed by atoms with Crippen molar-refractivity contribution in [1.29, 1.82) is 0 Å². The van der Waals surface area contributed by atoms with Crippen LogP contribution in [-0.2, 0) is 15.8 Å². The number of nitrogens with zero attached hydrogens (tertiary/aromatic N) is 4. The van der Waals surface area contributed by atoms with E-state index in [1.807, 2.05) is 0 Å². The van der Waals surface area contributed by atoms with E-state index >= 15 is 0 Å². The van der Waals surface area contributed by atoms with Crippen molar-refractivity contribution < 1.29 is 41.7 Å². The summed E-state index contributed by atoms with van der Waals surface area (Å²) in [5.41, 5.74) is -0.329. The molecular formula is C27H24F4N6O5. The number of aromatic nitrogens is 4. The Kier molecular flexibility index (Phi) is 6.80. The van der Waals surface area contributed by atoms with Crippen LogP contribution in [0.1, 0.15) is 34.4 Å².